The number of carboxylic acids is 3. The van der Waals surface area contributed by atoms with Crippen LogP contribution in [0.4, 0.5) is 11.4 Å². The van der Waals surface area contributed by atoms with Crippen molar-refractivity contribution in [1.82, 2.24) is 10.6 Å². The Labute approximate surface area is 227 Å². The fourth-order valence-corrected chi connectivity index (χ4v) is 3.20. The van der Waals surface area contributed by atoms with Gasteiger partial charge in [-0.2, -0.15) is 10.2 Å². The lowest BCUT2D eigenvalue weighted by molar-refractivity contribution is -0.137. The van der Waals surface area contributed by atoms with Gasteiger partial charge in [-0.15, -0.1) is 0 Å². The third-order valence-corrected chi connectivity index (χ3v) is 5.20. The standard InChI is InChI=1S/C27H24N4O9/c32-23(33)11-13-28-25(36)16-1-5-18(6-2-16)30-31-19-7-10-22(21(15-19)27(38)39)40-20-8-3-17(4-9-20)26(37)29-14-12-24(34)35/h1-10,15H,11-14H2,(H,28,36)(H,29,37)(H,32,33)(H,34,35)(H,38,39). The van der Waals surface area contributed by atoms with Crippen molar-refractivity contribution in [2.75, 3.05) is 13.1 Å². The molecule has 0 saturated heterocycles. The Bertz CT molecular complexity index is 1440. The van der Waals surface area contributed by atoms with Gasteiger partial charge in [0.15, 0.2) is 0 Å². The molecular weight excluding hydrogens is 524 g/mol. The van der Waals surface area contributed by atoms with Gasteiger partial charge in [-0.1, -0.05) is 0 Å². The van der Waals surface area contributed by atoms with Crippen LogP contribution >= 0.6 is 0 Å². The number of nitrogens with zero attached hydrogens (tertiary/aromatic N) is 2. The smallest absolute Gasteiger partial charge is 0.339 e. The molecule has 0 fully saturated rings. The zero-order valence-electron chi connectivity index (χ0n) is 20.9. The van der Waals surface area contributed by atoms with Crippen molar-refractivity contribution in [1.29, 1.82) is 0 Å². The third kappa shape index (κ3) is 8.76. The lowest BCUT2D eigenvalue weighted by Gasteiger charge is -2.10. The number of azo groups is 1. The normalized spacial score (nSPS) is 10.6. The van der Waals surface area contributed by atoms with Crippen molar-refractivity contribution in [2.45, 2.75) is 12.8 Å². The molecule has 3 rings (SSSR count). The van der Waals surface area contributed by atoms with Crippen molar-refractivity contribution < 1.29 is 44.0 Å². The van der Waals surface area contributed by atoms with Crippen molar-refractivity contribution >= 4 is 41.1 Å². The van der Waals surface area contributed by atoms with Gasteiger partial charge >= 0.3 is 17.9 Å². The molecule has 0 radical (unpaired) electrons. The van der Waals surface area contributed by atoms with Crippen LogP contribution in [0.5, 0.6) is 11.5 Å². The lowest BCUT2D eigenvalue weighted by Crippen LogP contribution is -2.25. The summed E-state index contributed by atoms with van der Waals surface area (Å²) in [7, 11) is 0. The molecule has 0 aliphatic heterocycles. The van der Waals surface area contributed by atoms with Crippen molar-refractivity contribution in [2.24, 2.45) is 10.2 Å². The first-order valence-electron chi connectivity index (χ1n) is 11.8. The Morgan fingerprint density at radius 1 is 0.650 bits per heavy atom. The van der Waals surface area contributed by atoms with Gasteiger partial charge in [0.05, 0.1) is 24.2 Å². The van der Waals surface area contributed by atoms with Crippen molar-refractivity contribution in [3.8, 4) is 11.5 Å². The summed E-state index contributed by atoms with van der Waals surface area (Å²) in [5.74, 6) is -3.90. The molecule has 0 spiro atoms. The second-order valence-electron chi connectivity index (χ2n) is 8.16. The minimum Gasteiger partial charge on any atom is -0.481 e. The summed E-state index contributed by atoms with van der Waals surface area (Å²) < 4.78 is 5.68. The number of aromatic carboxylic acids is 1. The predicted molar refractivity (Wildman–Crippen MR) is 140 cm³/mol. The van der Waals surface area contributed by atoms with Crippen LogP contribution in [0.15, 0.2) is 77.0 Å². The highest BCUT2D eigenvalue weighted by Crippen LogP contribution is 2.30. The summed E-state index contributed by atoms with van der Waals surface area (Å²) >= 11 is 0. The van der Waals surface area contributed by atoms with Crippen LogP contribution in [-0.2, 0) is 9.59 Å². The molecule has 40 heavy (non-hydrogen) atoms. The van der Waals surface area contributed by atoms with E-state index in [4.69, 9.17) is 14.9 Å². The molecule has 5 N–H and O–H groups in total. The quantitative estimate of drug-likeness (QED) is 0.195. The van der Waals surface area contributed by atoms with Gasteiger partial charge < -0.3 is 30.7 Å². The fourth-order valence-electron chi connectivity index (χ4n) is 3.20. The van der Waals surface area contributed by atoms with Gasteiger partial charge in [0, 0.05) is 24.2 Å². The summed E-state index contributed by atoms with van der Waals surface area (Å²) in [5, 5.41) is 40.0. The Kier molecular flexibility index (Phi) is 10.0. The Hall–Kier alpha value is -5.59. The second-order valence-corrected chi connectivity index (χ2v) is 8.16. The van der Waals surface area contributed by atoms with Gasteiger partial charge in [0.25, 0.3) is 11.8 Å². The molecule has 0 atom stereocenters. The number of carbonyl (C=O) groups is 5. The fraction of sp³-hybridized carbons (Fsp3) is 0.148. The zero-order chi connectivity index (χ0) is 29.1. The SMILES string of the molecule is O=C(O)CCNC(=O)c1ccc(N=Nc2ccc(Oc3ccc(C(=O)NCCC(=O)O)cc3)c(C(=O)O)c2)cc1. The van der Waals surface area contributed by atoms with Crippen LogP contribution in [-0.4, -0.2) is 58.1 Å². The van der Waals surface area contributed by atoms with Gasteiger partial charge in [0.1, 0.15) is 17.1 Å². The molecule has 3 aromatic rings. The Balaban J connectivity index is 1.64. The number of hydrogen-bond donors (Lipinski definition) is 5. The summed E-state index contributed by atoms with van der Waals surface area (Å²) in [6.07, 6.45) is -0.397. The van der Waals surface area contributed by atoms with Gasteiger partial charge in [-0.3, -0.25) is 19.2 Å². The van der Waals surface area contributed by atoms with Crippen LogP contribution < -0.4 is 15.4 Å². The van der Waals surface area contributed by atoms with Crippen LogP contribution in [0.2, 0.25) is 0 Å². The molecular formula is C27H24N4O9. The molecule has 13 heteroatoms. The van der Waals surface area contributed by atoms with E-state index >= 15 is 0 Å². The molecule has 0 saturated carbocycles. The highest BCUT2D eigenvalue weighted by molar-refractivity contribution is 5.95. The summed E-state index contributed by atoms with van der Waals surface area (Å²) in [5.41, 5.74) is 1.03. The van der Waals surface area contributed by atoms with Crippen LogP contribution in [0.25, 0.3) is 0 Å². The lowest BCUT2D eigenvalue weighted by atomic mass is 10.1. The summed E-state index contributed by atoms with van der Waals surface area (Å²) in [6.45, 7) is -0.0172. The summed E-state index contributed by atoms with van der Waals surface area (Å²) in [6, 6.07) is 16.1. The van der Waals surface area contributed by atoms with E-state index in [2.05, 4.69) is 20.9 Å². The van der Waals surface area contributed by atoms with Crippen LogP contribution in [0.1, 0.15) is 43.9 Å². The van der Waals surface area contributed by atoms with E-state index in [0.717, 1.165) is 0 Å². The molecule has 206 valence electrons. The van der Waals surface area contributed by atoms with Gasteiger partial charge in [-0.25, -0.2) is 4.79 Å². The maximum atomic E-state index is 12.1. The number of amides is 2. The number of nitrogens with one attached hydrogen (secondary N) is 2. The van der Waals surface area contributed by atoms with E-state index in [0.29, 0.717) is 11.3 Å². The molecule has 0 aliphatic carbocycles. The van der Waals surface area contributed by atoms with E-state index < -0.39 is 29.7 Å². The Morgan fingerprint density at radius 2 is 1.12 bits per heavy atom. The van der Waals surface area contributed by atoms with E-state index in [1.54, 1.807) is 0 Å². The first-order chi connectivity index (χ1) is 19.1. The monoisotopic (exact) mass is 548 g/mol. The van der Waals surface area contributed by atoms with Gasteiger partial charge in [-0.05, 0) is 66.7 Å². The minimum absolute atomic E-state index is 0.000106. The largest absolute Gasteiger partial charge is 0.481 e. The average molecular weight is 549 g/mol. The number of carbonyl (C=O) groups excluding carboxylic acids is 2. The minimum atomic E-state index is -1.26. The number of carboxylic acid groups (broad SMARTS) is 3. The van der Waals surface area contributed by atoms with E-state index in [1.807, 2.05) is 0 Å². The molecule has 0 aliphatic rings. The zero-order valence-corrected chi connectivity index (χ0v) is 20.9. The first-order valence-corrected chi connectivity index (χ1v) is 11.8. The average Bonchev–Trinajstić information content (AvgIpc) is 2.92. The molecule has 0 heterocycles. The first kappa shape index (κ1) is 29.0. The molecule has 2 amide bonds. The summed E-state index contributed by atoms with van der Waals surface area (Å²) in [4.78, 5) is 57.0. The number of benzene rings is 3. The molecule has 3 aromatic carbocycles. The number of ether oxygens (including phenoxy) is 1. The predicted octanol–water partition coefficient (Wildman–Crippen LogP) is 4.00. The molecule has 0 unspecified atom stereocenters. The molecule has 0 aromatic heterocycles. The number of hydrogen-bond acceptors (Lipinski definition) is 8. The van der Waals surface area contributed by atoms with E-state index in [9.17, 15) is 29.1 Å². The highest BCUT2D eigenvalue weighted by atomic mass is 16.5. The van der Waals surface area contributed by atoms with Crippen molar-refractivity contribution in [3.05, 3.63) is 83.4 Å². The molecule has 0 bridgehead atoms. The maximum Gasteiger partial charge on any atom is 0.339 e. The number of aliphatic carboxylic acids is 2. The third-order valence-electron chi connectivity index (χ3n) is 5.20. The van der Waals surface area contributed by atoms with Crippen molar-refractivity contribution in [3.63, 3.8) is 0 Å². The van der Waals surface area contributed by atoms with E-state index in [1.165, 1.54) is 66.7 Å². The van der Waals surface area contributed by atoms with Gasteiger partial charge in [0.2, 0.25) is 0 Å². The molecule has 13 nitrogen and oxygen atoms in total. The Morgan fingerprint density at radius 3 is 1.62 bits per heavy atom. The second kappa shape index (κ2) is 13.8. The maximum absolute atomic E-state index is 12.1. The van der Waals surface area contributed by atoms with Crippen LogP contribution in [0, 0.1) is 0 Å². The van der Waals surface area contributed by atoms with Crippen LogP contribution in [0.3, 0.4) is 0 Å². The number of rotatable bonds is 13. The van der Waals surface area contributed by atoms with E-state index in [-0.39, 0.29) is 54.2 Å². The highest BCUT2D eigenvalue weighted by Gasteiger charge is 2.14. The topological polar surface area (TPSA) is 204 Å².